The summed E-state index contributed by atoms with van der Waals surface area (Å²) in [4.78, 5) is 39.0. The molecule has 0 saturated heterocycles. The van der Waals surface area contributed by atoms with Gasteiger partial charge in [0.05, 0.1) is 23.3 Å². The predicted molar refractivity (Wildman–Crippen MR) is 164 cm³/mol. The van der Waals surface area contributed by atoms with Crippen molar-refractivity contribution in [3.63, 3.8) is 0 Å². The van der Waals surface area contributed by atoms with E-state index in [4.69, 9.17) is 16.3 Å². The van der Waals surface area contributed by atoms with Crippen molar-refractivity contribution in [3.8, 4) is 5.75 Å². The number of benzene rings is 3. The van der Waals surface area contributed by atoms with Gasteiger partial charge < -0.3 is 20.7 Å². The van der Waals surface area contributed by atoms with Crippen LogP contribution in [0.5, 0.6) is 5.75 Å². The maximum Gasteiger partial charge on any atom is 0.259 e. The van der Waals surface area contributed by atoms with Gasteiger partial charge in [-0.25, -0.2) is 0 Å². The van der Waals surface area contributed by atoms with Gasteiger partial charge >= 0.3 is 0 Å². The molecule has 0 saturated carbocycles. The Morgan fingerprint density at radius 3 is 2.20 bits per heavy atom. The molecule has 212 valence electrons. The second-order valence-electron chi connectivity index (χ2n) is 9.64. The summed E-state index contributed by atoms with van der Waals surface area (Å²) in [7, 11) is 1.47. The van der Waals surface area contributed by atoms with Gasteiger partial charge in [0.1, 0.15) is 5.75 Å². The second-order valence-corrected chi connectivity index (χ2v) is 11.0. The Morgan fingerprint density at radius 1 is 0.900 bits per heavy atom. The Kier molecular flexibility index (Phi) is 11.6. The van der Waals surface area contributed by atoms with E-state index in [0.717, 1.165) is 29.3 Å². The number of carbonyl (C=O) groups excluding carboxylic acids is 3. The maximum atomic E-state index is 13.2. The summed E-state index contributed by atoms with van der Waals surface area (Å²) < 4.78 is 6.26. The van der Waals surface area contributed by atoms with E-state index in [2.05, 4.69) is 45.7 Å². The molecular weight excluding hydrogens is 594 g/mol. The van der Waals surface area contributed by atoms with Gasteiger partial charge in [0.2, 0.25) is 5.91 Å². The van der Waals surface area contributed by atoms with Crippen LogP contribution in [-0.2, 0) is 11.3 Å². The summed E-state index contributed by atoms with van der Waals surface area (Å²) in [5.74, 6) is -0.206. The number of hydrogen-bond donors (Lipinski definition) is 3. The molecule has 3 aromatic rings. The van der Waals surface area contributed by atoms with Gasteiger partial charge in [-0.15, -0.1) is 0 Å². The van der Waals surface area contributed by atoms with E-state index in [1.165, 1.54) is 7.11 Å². The van der Waals surface area contributed by atoms with E-state index in [1.54, 1.807) is 48.5 Å². The predicted octanol–water partition coefficient (Wildman–Crippen LogP) is 7.69. The van der Waals surface area contributed by atoms with E-state index >= 15 is 0 Å². The van der Waals surface area contributed by atoms with E-state index in [0.29, 0.717) is 23.0 Å². The van der Waals surface area contributed by atoms with Gasteiger partial charge in [-0.1, -0.05) is 67.2 Å². The van der Waals surface area contributed by atoms with Crippen LogP contribution in [0.1, 0.15) is 66.3 Å². The first-order valence-electron chi connectivity index (χ1n) is 13.3. The normalized spacial score (nSPS) is 12.2. The molecule has 3 amide bonds. The van der Waals surface area contributed by atoms with Crippen molar-refractivity contribution in [2.24, 2.45) is 11.8 Å². The Hall–Kier alpha value is -3.36. The first-order valence-corrected chi connectivity index (χ1v) is 14.5. The molecule has 9 heteroatoms. The lowest BCUT2D eigenvalue weighted by atomic mass is 9.87. The van der Waals surface area contributed by atoms with Crippen LogP contribution in [0.3, 0.4) is 0 Å². The summed E-state index contributed by atoms with van der Waals surface area (Å²) >= 11 is 9.74. The van der Waals surface area contributed by atoms with Gasteiger partial charge in [0.25, 0.3) is 11.8 Å². The Balaban J connectivity index is 1.73. The summed E-state index contributed by atoms with van der Waals surface area (Å²) in [6.45, 7) is 6.54. The van der Waals surface area contributed by atoms with Crippen LogP contribution in [0, 0.1) is 11.8 Å². The number of amides is 3. The molecule has 2 atom stereocenters. The highest BCUT2D eigenvalue weighted by Gasteiger charge is 2.23. The first kappa shape index (κ1) is 31.2. The number of methoxy groups -OCH3 is 1. The number of nitrogens with one attached hydrogen (secondary N) is 3. The zero-order valence-corrected chi connectivity index (χ0v) is 25.5. The standard InChI is InChI=1S/C31H35BrClN3O4/c1-5-7-19(3)24(6-2)29(37)34-18-20-8-14-27(33)25(16-20)30(38)36-23-13-15-28(40-4)26(17-23)31(39)35-22-11-9-21(32)10-12-22/h8-17,19,24H,5-7,18H2,1-4H3,(H,34,37)(H,35,39)(H,36,38). The molecule has 2 unspecified atom stereocenters. The van der Waals surface area contributed by atoms with Gasteiger partial charge in [-0.3, -0.25) is 14.4 Å². The zero-order chi connectivity index (χ0) is 29.2. The highest BCUT2D eigenvalue weighted by molar-refractivity contribution is 9.10. The number of carbonyl (C=O) groups is 3. The SMILES string of the molecule is CCCC(C)C(CC)C(=O)NCc1ccc(Cl)c(C(=O)Nc2ccc(OC)c(C(=O)Nc3ccc(Br)cc3)c2)c1. The average molecular weight is 629 g/mol. The molecule has 0 heterocycles. The summed E-state index contributed by atoms with van der Waals surface area (Å²) in [5, 5.41) is 8.92. The summed E-state index contributed by atoms with van der Waals surface area (Å²) in [5.41, 5.74) is 2.29. The number of halogens is 2. The van der Waals surface area contributed by atoms with E-state index in [-0.39, 0.29) is 40.4 Å². The van der Waals surface area contributed by atoms with E-state index in [1.807, 2.05) is 19.1 Å². The van der Waals surface area contributed by atoms with Gasteiger partial charge in [0.15, 0.2) is 0 Å². The lowest BCUT2D eigenvalue weighted by molar-refractivity contribution is -0.126. The van der Waals surface area contributed by atoms with Gasteiger partial charge in [0, 0.05) is 28.3 Å². The van der Waals surface area contributed by atoms with Crippen LogP contribution in [0.25, 0.3) is 0 Å². The van der Waals surface area contributed by atoms with Crippen LogP contribution in [0.2, 0.25) is 5.02 Å². The van der Waals surface area contributed by atoms with Crippen molar-refractivity contribution in [1.82, 2.24) is 5.32 Å². The minimum Gasteiger partial charge on any atom is -0.496 e. The molecule has 0 aliphatic rings. The molecular formula is C31H35BrClN3O4. The molecule has 0 bridgehead atoms. The molecule has 0 radical (unpaired) electrons. The number of hydrogen-bond acceptors (Lipinski definition) is 4. The highest BCUT2D eigenvalue weighted by Crippen LogP contribution is 2.26. The molecule has 40 heavy (non-hydrogen) atoms. The maximum absolute atomic E-state index is 13.2. The molecule has 0 aliphatic heterocycles. The monoisotopic (exact) mass is 627 g/mol. The molecule has 3 N–H and O–H groups in total. The van der Waals surface area contributed by atoms with Gasteiger partial charge in [-0.2, -0.15) is 0 Å². The Labute approximate surface area is 249 Å². The highest BCUT2D eigenvalue weighted by atomic mass is 79.9. The molecule has 3 rings (SSSR count). The van der Waals surface area contributed by atoms with Crippen molar-refractivity contribution in [3.05, 3.63) is 86.8 Å². The van der Waals surface area contributed by atoms with Crippen LogP contribution in [0.4, 0.5) is 11.4 Å². The van der Waals surface area contributed by atoms with E-state index < -0.39 is 5.91 Å². The Morgan fingerprint density at radius 2 is 1.55 bits per heavy atom. The summed E-state index contributed by atoms with van der Waals surface area (Å²) in [6, 6.07) is 17.1. The summed E-state index contributed by atoms with van der Waals surface area (Å²) in [6.07, 6.45) is 2.80. The largest absolute Gasteiger partial charge is 0.496 e. The number of ether oxygens (including phenoxy) is 1. The van der Waals surface area contributed by atoms with Crippen molar-refractivity contribution >= 4 is 56.6 Å². The molecule has 7 nitrogen and oxygen atoms in total. The first-order chi connectivity index (χ1) is 19.2. The average Bonchev–Trinajstić information content (AvgIpc) is 2.94. The zero-order valence-electron chi connectivity index (χ0n) is 23.1. The molecule has 3 aromatic carbocycles. The fourth-order valence-corrected chi connectivity index (χ4v) is 5.04. The van der Waals surface area contributed by atoms with Crippen molar-refractivity contribution < 1.29 is 19.1 Å². The molecule has 0 spiro atoms. The third kappa shape index (κ3) is 8.32. The molecule has 0 aromatic heterocycles. The lowest BCUT2D eigenvalue weighted by Crippen LogP contribution is -2.33. The quantitative estimate of drug-likeness (QED) is 0.192. The lowest BCUT2D eigenvalue weighted by Gasteiger charge is -2.21. The minimum atomic E-state index is -0.439. The smallest absolute Gasteiger partial charge is 0.259 e. The van der Waals surface area contributed by atoms with Crippen LogP contribution in [0.15, 0.2) is 65.1 Å². The fraction of sp³-hybridized carbons (Fsp3) is 0.323. The topological polar surface area (TPSA) is 96.5 Å². The van der Waals surface area contributed by atoms with Crippen molar-refractivity contribution in [2.45, 2.75) is 46.6 Å². The van der Waals surface area contributed by atoms with Crippen LogP contribution < -0.4 is 20.7 Å². The van der Waals surface area contributed by atoms with Crippen molar-refractivity contribution in [2.75, 3.05) is 17.7 Å². The number of rotatable bonds is 12. The Bertz CT molecular complexity index is 1350. The molecule has 0 aliphatic carbocycles. The molecule has 0 fully saturated rings. The minimum absolute atomic E-state index is 0.0107. The second kappa shape index (κ2) is 14.9. The van der Waals surface area contributed by atoms with Crippen LogP contribution in [-0.4, -0.2) is 24.8 Å². The van der Waals surface area contributed by atoms with Crippen LogP contribution >= 0.6 is 27.5 Å². The third-order valence-corrected chi connectivity index (χ3v) is 7.61. The van der Waals surface area contributed by atoms with Gasteiger partial charge in [-0.05, 0) is 72.5 Å². The van der Waals surface area contributed by atoms with Crippen molar-refractivity contribution in [1.29, 1.82) is 0 Å². The fourth-order valence-electron chi connectivity index (χ4n) is 4.57. The number of anilines is 2. The third-order valence-electron chi connectivity index (χ3n) is 6.75. The van der Waals surface area contributed by atoms with E-state index in [9.17, 15) is 14.4 Å².